The lowest BCUT2D eigenvalue weighted by molar-refractivity contribution is -0.123. The van der Waals surface area contributed by atoms with Crippen molar-refractivity contribution < 1.29 is 19.1 Å². The number of carbonyl (C=O) groups excluding carboxylic acids is 2. The summed E-state index contributed by atoms with van der Waals surface area (Å²) < 4.78 is 10.3. The Morgan fingerprint density at radius 2 is 1.89 bits per heavy atom. The first-order valence-electron chi connectivity index (χ1n) is 8.46. The summed E-state index contributed by atoms with van der Waals surface area (Å²) in [5.74, 6) is 0.781. The second-order valence-corrected chi connectivity index (χ2v) is 6.28. The summed E-state index contributed by atoms with van der Waals surface area (Å²) in [7, 11) is 3.13. The summed E-state index contributed by atoms with van der Waals surface area (Å²) in [6.45, 7) is 1.78. The highest BCUT2D eigenvalue weighted by molar-refractivity contribution is 6.32. The van der Waals surface area contributed by atoms with Crippen molar-refractivity contribution in [3.8, 4) is 11.5 Å². The van der Waals surface area contributed by atoms with Crippen molar-refractivity contribution in [1.29, 1.82) is 0 Å². The van der Waals surface area contributed by atoms with Crippen LogP contribution in [-0.4, -0.2) is 39.1 Å². The molecule has 0 heterocycles. The maximum Gasteiger partial charge on any atom is 0.240 e. The minimum absolute atomic E-state index is 0.0872. The van der Waals surface area contributed by atoms with Crippen molar-refractivity contribution in [2.24, 2.45) is 0 Å². The topological polar surface area (TPSA) is 67.9 Å². The van der Waals surface area contributed by atoms with Gasteiger partial charge in [-0.05, 0) is 42.3 Å². The number of halogens is 1. The lowest BCUT2D eigenvalue weighted by atomic mass is 10.1. The minimum atomic E-state index is -0.251. The Labute approximate surface area is 164 Å². The molecular formula is C20H23ClN2O4. The van der Waals surface area contributed by atoms with E-state index in [1.54, 1.807) is 25.3 Å². The summed E-state index contributed by atoms with van der Waals surface area (Å²) >= 11 is 6.12. The van der Waals surface area contributed by atoms with E-state index in [1.807, 2.05) is 24.3 Å². The summed E-state index contributed by atoms with van der Waals surface area (Å²) in [4.78, 5) is 25.6. The summed E-state index contributed by atoms with van der Waals surface area (Å²) in [5.41, 5.74) is 1.59. The molecule has 0 saturated carbocycles. The predicted octanol–water partition coefficient (Wildman–Crippen LogP) is 3.07. The zero-order valence-corrected chi connectivity index (χ0v) is 16.4. The van der Waals surface area contributed by atoms with Crippen molar-refractivity contribution in [3.63, 3.8) is 0 Å². The second-order valence-electron chi connectivity index (χ2n) is 5.88. The number of nitrogens with one attached hydrogen (secondary N) is 1. The van der Waals surface area contributed by atoms with E-state index >= 15 is 0 Å². The van der Waals surface area contributed by atoms with E-state index in [-0.39, 0.29) is 18.4 Å². The number of carbonyl (C=O) groups is 2. The molecule has 0 saturated heterocycles. The monoisotopic (exact) mass is 390 g/mol. The van der Waals surface area contributed by atoms with E-state index in [2.05, 4.69) is 5.32 Å². The second kappa shape index (κ2) is 9.83. The molecule has 144 valence electrons. The molecule has 2 aromatic carbocycles. The standard InChI is InChI=1S/C20H23ClN2O4/c1-14(24)23(16-7-8-19(27-3)18(21)12-16)13-20(25)22-10-9-15-5-4-6-17(11-15)26-2/h4-8,11-12H,9-10,13H2,1-3H3,(H,22,25). The third-order valence-corrected chi connectivity index (χ3v) is 4.29. The molecule has 6 nitrogen and oxygen atoms in total. The third-order valence-electron chi connectivity index (χ3n) is 4.00. The van der Waals surface area contributed by atoms with Crippen LogP contribution in [0.2, 0.25) is 5.02 Å². The van der Waals surface area contributed by atoms with E-state index in [9.17, 15) is 9.59 Å². The number of amides is 2. The van der Waals surface area contributed by atoms with Gasteiger partial charge in [0.25, 0.3) is 0 Å². The van der Waals surface area contributed by atoms with Gasteiger partial charge in [0.1, 0.15) is 18.0 Å². The van der Waals surface area contributed by atoms with Crippen molar-refractivity contribution in [1.82, 2.24) is 5.32 Å². The van der Waals surface area contributed by atoms with Gasteiger partial charge < -0.3 is 19.7 Å². The Balaban J connectivity index is 1.94. The van der Waals surface area contributed by atoms with Crippen LogP contribution in [0.15, 0.2) is 42.5 Å². The normalized spacial score (nSPS) is 10.2. The maximum absolute atomic E-state index is 12.3. The molecule has 27 heavy (non-hydrogen) atoms. The van der Waals surface area contributed by atoms with Gasteiger partial charge in [-0.25, -0.2) is 0 Å². The fraction of sp³-hybridized carbons (Fsp3) is 0.300. The molecule has 0 radical (unpaired) electrons. The van der Waals surface area contributed by atoms with Crippen molar-refractivity contribution in [2.75, 3.05) is 32.2 Å². The Bertz CT molecular complexity index is 810. The van der Waals surface area contributed by atoms with Crippen LogP contribution in [0, 0.1) is 0 Å². The molecule has 2 aromatic rings. The zero-order chi connectivity index (χ0) is 19.8. The lowest BCUT2D eigenvalue weighted by Crippen LogP contribution is -2.40. The number of nitrogens with zero attached hydrogens (tertiary/aromatic N) is 1. The largest absolute Gasteiger partial charge is 0.497 e. The molecule has 2 rings (SSSR count). The highest BCUT2D eigenvalue weighted by Crippen LogP contribution is 2.29. The molecule has 0 fully saturated rings. The predicted molar refractivity (Wildman–Crippen MR) is 106 cm³/mol. The van der Waals surface area contributed by atoms with Gasteiger partial charge in [-0.15, -0.1) is 0 Å². The number of ether oxygens (including phenoxy) is 2. The first-order valence-corrected chi connectivity index (χ1v) is 8.83. The van der Waals surface area contributed by atoms with Gasteiger partial charge in [-0.1, -0.05) is 23.7 Å². The van der Waals surface area contributed by atoms with Crippen LogP contribution in [0.25, 0.3) is 0 Å². The molecule has 7 heteroatoms. The van der Waals surface area contributed by atoms with Crippen molar-refractivity contribution >= 4 is 29.1 Å². The van der Waals surface area contributed by atoms with E-state index in [1.165, 1.54) is 18.9 Å². The maximum atomic E-state index is 12.3. The average molecular weight is 391 g/mol. The van der Waals surface area contributed by atoms with Gasteiger partial charge in [0, 0.05) is 19.2 Å². The molecule has 0 aliphatic heterocycles. The van der Waals surface area contributed by atoms with Gasteiger partial charge in [0.2, 0.25) is 11.8 Å². The number of benzene rings is 2. The number of anilines is 1. The summed E-state index contributed by atoms with van der Waals surface area (Å²) in [6.07, 6.45) is 0.664. The highest BCUT2D eigenvalue weighted by atomic mass is 35.5. The highest BCUT2D eigenvalue weighted by Gasteiger charge is 2.17. The molecule has 0 aliphatic rings. The van der Waals surface area contributed by atoms with Crippen LogP contribution < -0.4 is 19.7 Å². The molecule has 0 bridgehead atoms. The number of hydrogen-bond acceptors (Lipinski definition) is 4. The van der Waals surface area contributed by atoms with Gasteiger partial charge >= 0.3 is 0 Å². The first-order chi connectivity index (χ1) is 12.9. The van der Waals surface area contributed by atoms with E-state index in [4.69, 9.17) is 21.1 Å². The smallest absolute Gasteiger partial charge is 0.240 e. The van der Waals surface area contributed by atoms with Crippen LogP contribution in [0.4, 0.5) is 5.69 Å². The molecule has 0 spiro atoms. The van der Waals surface area contributed by atoms with Gasteiger partial charge in [-0.3, -0.25) is 9.59 Å². The molecule has 0 aliphatic carbocycles. The Morgan fingerprint density at radius 3 is 2.52 bits per heavy atom. The lowest BCUT2D eigenvalue weighted by Gasteiger charge is -2.21. The Morgan fingerprint density at radius 1 is 1.11 bits per heavy atom. The minimum Gasteiger partial charge on any atom is -0.497 e. The van der Waals surface area contributed by atoms with Crippen LogP contribution >= 0.6 is 11.6 Å². The number of hydrogen-bond donors (Lipinski definition) is 1. The molecule has 1 N–H and O–H groups in total. The SMILES string of the molecule is COc1cccc(CCNC(=O)CN(C(C)=O)c2ccc(OC)c(Cl)c2)c1. The number of rotatable bonds is 8. The van der Waals surface area contributed by atoms with E-state index in [0.717, 1.165) is 11.3 Å². The summed E-state index contributed by atoms with van der Waals surface area (Å²) in [6, 6.07) is 12.6. The van der Waals surface area contributed by atoms with Crippen molar-refractivity contribution in [3.05, 3.63) is 53.1 Å². The third kappa shape index (κ3) is 5.89. The van der Waals surface area contributed by atoms with Gasteiger partial charge in [0.05, 0.1) is 19.2 Å². The van der Waals surface area contributed by atoms with Crippen LogP contribution in [0.3, 0.4) is 0 Å². The van der Waals surface area contributed by atoms with Gasteiger partial charge in [-0.2, -0.15) is 0 Å². The fourth-order valence-corrected chi connectivity index (χ4v) is 2.83. The van der Waals surface area contributed by atoms with Crippen LogP contribution in [-0.2, 0) is 16.0 Å². The van der Waals surface area contributed by atoms with Gasteiger partial charge in [0.15, 0.2) is 0 Å². The van der Waals surface area contributed by atoms with Crippen LogP contribution in [0.1, 0.15) is 12.5 Å². The Kier molecular flexibility index (Phi) is 7.49. The average Bonchev–Trinajstić information content (AvgIpc) is 2.66. The Hall–Kier alpha value is -2.73. The summed E-state index contributed by atoms with van der Waals surface area (Å²) in [5, 5.41) is 3.20. The fourth-order valence-electron chi connectivity index (χ4n) is 2.58. The molecular weight excluding hydrogens is 368 g/mol. The van der Waals surface area contributed by atoms with E-state index in [0.29, 0.717) is 29.4 Å². The first kappa shape index (κ1) is 20.6. The van der Waals surface area contributed by atoms with Crippen molar-refractivity contribution in [2.45, 2.75) is 13.3 Å². The molecule has 2 amide bonds. The van der Waals surface area contributed by atoms with E-state index < -0.39 is 0 Å². The zero-order valence-electron chi connectivity index (χ0n) is 15.6. The number of methoxy groups -OCH3 is 2. The molecule has 0 atom stereocenters. The quantitative estimate of drug-likeness (QED) is 0.752. The molecule has 0 aromatic heterocycles. The van der Waals surface area contributed by atoms with Crippen LogP contribution in [0.5, 0.6) is 11.5 Å². The molecule has 0 unspecified atom stereocenters.